The van der Waals surface area contributed by atoms with E-state index in [2.05, 4.69) is 0 Å². The van der Waals surface area contributed by atoms with E-state index < -0.39 is 28.8 Å². The highest BCUT2D eigenvalue weighted by Gasteiger charge is 2.56. The Balaban J connectivity index is 2.26. The van der Waals surface area contributed by atoms with Gasteiger partial charge in [-0.2, -0.15) is 0 Å². The number of hydrogen-bond acceptors (Lipinski definition) is 5. The lowest BCUT2D eigenvalue weighted by Crippen LogP contribution is -2.46. The van der Waals surface area contributed by atoms with Crippen molar-refractivity contribution in [2.75, 3.05) is 13.7 Å². The van der Waals surface area contributed by atoms with Crippen LogP contribution < -0.4 is 0 Å². The zero-order valence-corrected chi connectivity index (χ0v) is 13.2. The van der Waals surface area contributed by atoms with Gasteiger partial charge in [0.25, 0.3) is 0 Å². The molecule has 0 aliphatic heterocycles. The van der Waals surface area contributed by atoms with Crippen LogP contribution >= 0.6 is 0 Å². The number of carbonyl (C=O) groups excluding carboxylic acids is 2. The smallest absolute Gasteiger partial charge is 0.319 e. The number of benzene rings is 1. The van der Waals surface area contributed by atoms with Crippen molar-refractivity contribution in [3.05, 3.63) is 46.0 Å². The molecule has 6 nitrogen and oxygen atoms in total. The number of methoxy groups -OCH3 is 1. The van der Waals surface area contributed by atoms with Crippen LogP contribution in [0.4, 0.5) is 0 Å². The molecule has 1 aliphatic carbocycles. The third-order valence-corrected chi connectivity index (χ3v) is 4.71. The average molecular weight is 319 g/mol. The highest BCUT2D eigenvalue weighted by Crippen LogP contribution is 2.44. The summed E-state index contributed by atoms with van der Waals surface area (Å²) in [5.74, 6) is -1.48. The minimum atomic E-state index is -1.35. The largest absolute Gasteiger partial charge is 0.468 e. The third-order valence-electron chi connectivity index (χ3n) is 4.71. The lowest BCUT2D eigenvalue weighted by molar-refractivity contribution is -0.491. The van der Waals surface area contributed by atoms with Crippen LogP contribution in [0, 0.1) is 21.4 Å². The predicted octanol–water partition coefficient (Wildman–Crippen LogP) is 2.42. The first-order chi connectivity index (χ1) is 11.0. The number of carbonyl (C=O) groups is 2. The second-order valence-corrected chi connectivity index (χ2v) is 5.98. The molecule has 1 aliphatic rings. The Hall–Kier alpha value is -2.24. The predicted molar refractivity (Wildman–Crippen MR) is 83.4 cm³/mol. The molecule has 0 aromatic heterocycles. The van der Waals surface area contributed by atoms with Gasteiger partial charge in [0.1, 0.15) is 5.41 Å². The zero-order valence-electron chi connectivity index (χ0n) is 13.2. The first-order valence-electron chi connectivity index (χ1n) is 7.78. The Morgan fingerprint density at radius 1 is 1.39 bits per heavy atom. The summed E-state index contributed by atoms with van der Waals surface area (Å²) in [4.78, 5) is 35.4. The van der Waals surface area contributed by atoms with Crippen LogP contribution in [0.5, 0.6) is 0 Å². The Morgan fingerprint density at radius 3 is 2.61 bits per heavy atom. The number of hydrogen-bond donors (Lipinski definition) is 0. The van der Waals surface area contributed by atoms with Gasteiger partial charge in [-0.1, -0.05) is 30.3 Å². The molecule has 0 bridgehead atoms. The van der Waals surface area contributed by atoms with Crippen molar-refractivity contribution in [3.63, 3.8) is 0 Å². The lowest BCUT2D eigenvalue weighted by atomic mass is 9.70. The van der Waals surface area contributed by atoms with Gasteiger partial charge < -0.3 is 4.74 Å². The summed E-state index contributed by atoms with van der Waals surface area (Å²) in [6.45, 7) is -0.395. The van der Waals surface area contributed by atoms with Crippen molar-refractivity contribution >= 4 is 11.8 Å². The zero-order chi connectivity index (χ0) is 16.9. The molecule has 124 valence electrons. The van der Waals surface area contributed by atoms with E-state index in [1.807, 2.05) is 30.3 Å². The minimum Gasteiger partial charge on any atom is -0.468 e. The van der Waals surface area contributed by atoms with E-state index in [9.17, 15) is 19.7 Å². The molecule has 6 heteroatoms. The minimum absolute atomic E-state index is 0.218. The van der Waals surface area contributed by atoms with Crippen LogP contribution in [-0.2, 0) is 20.7 Å². The molecule has 0 spiro atoms. The molecule has 1 saturated carbocycles. The van der Waals surface area contributed by atoms with Crippen LogP contribution in [0.3, 0.4) is 0 Å². The fourth-order valence-corrected chi connectivity index (χ4v) is 3.55. The molecule has 0 heterocycles. The monoisotopic (exact) mass is 319 g/mol. The van der Waals surface area contributed by atoms with Gasteiger partial charge in [0.05, 0.1) is 7.11 Å². The maximum absolute atomic E-state index is 12.4. The summed E-state index contributed by atoms with van der Waals surface area (Å²) in [7, 11) is 1.23. The third kappa shape index (κ3) is 3.57. The van der Waals surface area contributed by atoms with Crippen molar-refractivity contribution in [1.29, 1.82) is 0 Å². The van der Waals surface area contributed by atoms with Crippen molar-refractivity contribution in [1.82, 2.24) is 0 Å². The average Bonchev–Trinajstić information content (AvgIpc) is 2.93. The van der Waals surface area contributed by atoms with Crippen molar-refractivity contribution in [2.45, 2.75) is 32.1 Å². The summed E-state index contributed by atoms with van der Waals surface area (Å²) in [5, 5.41) is 11.1. The first kappa shape index (κ1) is 17.1. The number of rotatable bonds is 7. The van der Waals surface area contributed by atoms with E-state index in [1.165, 1.54) is 7.11 Å². The van der Waals surface area contributed by atoms with Gasteiger partial charge >= 0.3 is 5.97 Å². The molecular formula is C17H21NO5. The quantitative estimate of drug-likeness (QED) is 0.333. The standard InChI is InChI=1S/C17H21NO5/c1-23-16(20)17(11-5-8-15(17)19)14(12-18(21)22)10-9-13-6-3-2-4-7-13/h2-4,6-7,14H,5,8-12H2,1H3/t14-,17-/m0/s1. The van der Waals surface area contributed by atoms with Crippen LogP contribution in [0.1, 0.15) is 31.2 Å². The fraction of sp³-hybridized carbons (Fsp3) is 0.529. The van der Waals surface area contributed by atoms with Gasteiger partial charge in [0.2, 0.25) is 6.54 Å². The second-order valence-electron chi connectivity index (χ2n) is 5.98. The highest BCUT2D eigenvalue weighted by molar-refractivity contribution is 6.05. The van der Waals surface area contributed by atoms with Crippen molar-refractivity contribution in [3.8, 4) is 0 Å². The second kappa shape index (κ2) is 7.35. The van der Waals surface area contributed by atoms with Gasteiger partial charge in [0.15, 0.2) is 5.78 Å². The van der Waals surface area contributed by atoms with Gasteiger partial charge in [0, 0.05) is 17.3 Å². The normalized spacial score (nSPS) is 21.9. The molecule has 2 rings (SSSR count). The van der Waals surface area contributed by atoms with E-state index in [-0.39, 0.29) is 12.2 Å². The van der Waals surface area contributed by atoms with Crippen LogP contribution in [-0.4, -0.2) is 30.3 Å². The van der Waals surface area contributed by atoms with Crippen LogP contribution in [0.25, 0.3) is 0 Å². The number of aryl methyl sites for hydroxylation is 1. The van der Waals surface area contributed by atoms with Gasteiger partial charge in [-0.15, -0.1) is 0 Å². The molecule has 0 radical (unpaired) electrons. The van der Waals surface area contributed by atoms with Crippen LogP contribution in [0.2, 0.25) is 0 Å². The van der Waals surface area contributed by atoms with Crippen LogP contribution in [0.15, 0.2) is 30.3 Å². The van der Waals surface area contributed by atoms with E-state index in [4.69, 9.17) is 4.74 Å². The summed E-state index contributed by atoms with van der Waals surface area (Å²) in [5.41, 5.74) is -0.317. The Morgan fingerprint density at radius 2 is 2.09 bits per heavy atom. The fourth-order valence-electron chi connectivity index (χ4n) is 3.55. The van der Waals surface area contributed by atoms with E-state index >= 15 is 0 Å². The van der Waals surface area contributed by atoms with Gasteiger partial charge in [-0.05, 0) is 31.2 Å². The lowest BCUT2D eigenvalue weighted by Gasteiger charge is -2.31. The summed E-state index contributed by atoms with van der Waals surface area (Å²) >= 11 is 0. The number of Topliss-reactive ketones (excluding diaryl/α,β-unsaturated/α-hetero) is 1. The molecule has 1 aromatic rings. The number of ether oxygens (including phenoxy) is 1. The van der Waals surface area contributed by atoms with Gasteiger partial charge in [-0.3, -0.25) is 19.7 Å². The van der Waals surface area contributed by atoms with Crippen molar-refractivity contribution in [2.24, 2.45) is 11.3 Å². The molecule has 0 amide bonds. The highest BCUT2D eigenvalue weighted by atomic mass is 16.6. The van der Waals surface area contributed by atoms with Gasteiger partial charge in [-0.25, -0.2) is 0 Å². The van der Waals surface area contributed by atoms with E-state index in [0.29, 0.717) is 25.7 Å². The number of esters is 1. The van der Waals surface area contributed by atoms with Crippen molar-refractivity contribution < 1.29 is 19.2 Å². The Labute approximate surface area is 135 Å². The maximum Gasteiger partial charge on any atom is 0.319 e. The maximum atomic E-state index is 12.4. The topological polar surface area (TPSA) is 86.5 Å². The molecule has 1 fully saturated rings. The molecule has 23 heavy (non-hydrogen) atoms. The summed E-state index contributed by atoms with van der Waals surface area (Å²) in [6, 6.07) is 9.56. The summed E-state index contributed by atoms with van der Waals surface area (Å²) < 4.78 is 4.84. The molecule has 2 atom stereocenters. The Bertz CT molecular complexity index is 586. The number of nitro groups is 1. The first-order valence-corrected chi connectivity index (χ1v) is 7.78. The molecule has 0 unspecified atom stereocenters. The molecule has 1 aromatic carbocycles. The Kier molecular flexibility index (Phi) is 5.47. The molecule has 0 N–H and O–H groups in total. The van der Waals surface area contributed by atoms with E-state index in [1.54, 1.807) is 0 Å². The number of nitrogens with zero attached hydrogens (tertiary/aromatic N) is 1. The molecular weight excluding hydrogens is 298 g/mol. The van der Waals surface area contributed by atoms with E-state index in [0.717, 1.165) is 5.56 Å². The SMILES string of the molecule is COC(=O)[C@]1([C@@H](CCc2ccccc2)C[N+](=O)[O-])CCCC1=O. The summed E-state index contributed by atoms with van der Waals surface area (Å²) in [6.07, 6.45) is 2.20. The number of ketones is 1. The molecule has 0 saturated heterocycles.